The normalized spacial score (nSPS) is 10.5. The van der Waals surface area contributed by atoms with E-state index in [1.54, 1.807) is 18.2 Å². The fourth-order valence-electron chi connectivity index (χ4n) is 2.32. The Morgan fingerprint density at radius 3 is 2.29 bits per heavy atom. The molecule has 0 unspecified atom stereocenters. The van der Waals surface area contributed by atoms with Gasteiger partial charge < -0.3 is 24.8 Å². The van der Waals surface area contributed by atoms with Gasteiger partial charge in [0.15, 0.2) is 11.5 Å². The van der Waals surface area contributed by atoms with E-state index in [4.69, 9.17) is 21.1 Å². The summed E-state index contributed by atoms with van der Waals surface area (Å²) in [4.78, 5) is 12.2. The number of alkyl halides is 2. The second-order valence-electron chi connectivity index (χ2n) is 5.45. The number of carbonyl (C=O) groups is 1. The molecule has 6 nitrogen and oxygen atoms in total. The lowest BCUT2D eigenvalue weighted by molar-refractivity contribution is -0.114. The topological polar surface area (TPSA) is 68.8 Å². The molecule has 0 fully saturated rings. The summed E-state index contributed by atoms with van der Waals surface area (Å²) < 4.78 is 39.8. The number of hydrogen-bond donors (Lipinski definition) is 2. The summed E-state index contributed by atoms with van der Waals surface area (Å²) in [5.41, 5.74) is 1.04. The van der Waals surface area contributed by atoms with Crippen LogP contribution in [-0.4, -0.2) is 32.3 Å². The summed E-state index contributed by atoms with van der Waals surface area (Å²) in [7, 11) is 0. The molecule has 0 saturated carbocycles. The fourth-order valence-corrected chi connectivity index (χ4v) is 2.54. The van der Waals surface area contributed by atoms with Crippen LogP contribution in [0.5, 0.6) is 17.2 Å². The number of rotatable bonds is 10. The fraction of sp³-hybridized carbons (Fsp3) is 0.316. The predicted octanol–water partition coefficient (Wildman–Crippen LogP) is 4.79. The number of carbonyl (C=O) groups excluding carboxylic acids is 1. The molecule has 0 saturated heterocycles. The van der Waals surface area contributed by atoms with Gasteiger partial charge in [0.2, 0.25) is 5.91 Å². The molecule has 0 spiro atoms. The summed E-state index contributed by atoms with van der Waals surface area (Å²) in [6, 6.07) is 9.30. The minimum Gasteiger partial charge on any atom is -0.490 e. The molecule has 0 aliphatic rings. The second-order valence-corrected chi connectivity index (χ2v) is 5.86. The highest BCUT2D eigenvalue weighted by molar-refractivity contribution is 6.32. The van der Waals surface area contributed by atoms with Crippen LogP contribution >= 0.6 is 11.6 Å². The molecule has 2 aromatic carbocycles. The van der Waals surface area contributed by atoms with Gasteiger partial charge in [-0.2, -0.15) is 8.78 Å². The smallest absolute Gasteiger partial charge is 0.387 e. The zero-order valence-electron chi connectivity index (χ0n) is 15.4. The Hall–Kier alpha value is -2.74. The third-order valence-electron chi connectivity index (χ3n) is 3.43. The molecular formula is C19H21ClF2N2O4. The summed E-state index contributed by atoms with van der Waals surface area (Å²) in [6.45, 7) is 1.67. The van der Waals surface area contributed by atoms with Crippen molar-refractivity contribution in [2.75, 3.05) is 30.4 Å². The van der Waals surface area contributed by atoms with Gasteiger partial charge in [0.05, 0.1) is 24.8 Å². The van der Waals surface area contributed by atoms with Crippen LogP contribution in [0.4, 0.5) is 20.2 Å². The highest BCUT2D eigenvalue weighted by atomic mass is 35.5. The quantitative estimate of drug-likeness (QED) is 0.585. The molecule has 2 aromatic rings. The van der Waals surface area contributed by atoms with Crippen LogP contribution in [0.2, 0.25) is 5.02 Å². The Morgan fingerprint density at radius 2 is 1.64 bits per heavy atom. The molecule has 9 heteroatoms. The Bertz CT molecular complexity index is 805. The Kier molecular flexibility index (Phi) is 8.13. The predicted molar refractivity (Wildman–Crippen MR) is 104 cm³/mol. The average Bonchev–Trinajstić information content (AvgIpc) is 2.64. The van der Waals surface area contributed by atoms with Gasteiger partial charge in [0.1, 0.15) is 5.75 Å². The van der Waals surface area contributed by atoms with Gasteiger partial charge >= 0.3 is 6.61 Å². The summed E-state index contributed by atoms with van der Waals surface area (Å²) >= 11 is 5.88. The second kappa shape index (κ2) is 10.6. The van der Waals surface area contributed by atoms with Gasteiger partial charge in [-0.1, -0.05) is 11.6 Å². The van der Waals surface area contributed by atoms with E-state index in [-0.39, 0.29) is 23.2 Å². The first-order valence-corrected chi connectivity index (χ1v) is 8.98. The number of halogens is 3. The minimum atomic E-state index is -2.96. The van der Waals surface area contributed by atoms with E-state index < -0.39 is 6.61 Å². The summed E-state index contributed by atoms with van der Waals surface area (Å²) in [5.74, 6) is 0.692. The molecule has 0 radical (unpaired) electrons. The van der Waals surface area contributed by atoms with Gasteiger partial charge in [-0.05, 0) is 44.2 Å². The third kappa shape index (κ3) is 6.45. The first-order chi connectivity index (χ1) is 13.4. The third-order valence-corrected chi connectivity index (χ3v) is 3.72. The summed E-state index contributed by atoms with van der Waals surface area (Å²) in [6.07, 6.45) is 0. The maximum Gasteiger partial charge on any atom is 0.387 e. The van der Waals surface area contributed by atoms with Crippen molar-refractivity contribution in [2.24, 2.45) is 0 Å². The van der Waals surface area contributed by atoms with E-state index in [1.807, 2.05) is 13.8 Å². The SMILES string of the molecule is CCOc1ccc(NC(=O)CNc2ccc(OC(F)F)c(Cl)c2)cc1OCC. The first-order valence-electron chi connectivity index (χ1n) is 8.60. The number of anilines is 2. The van der Waals surface area contributed by atoms with E-state index >= 15 is 0 Å². The molecule has 1 amide bonds. The molecule has 0 aliphatic carbocycles. The Morgan fingerprint density at radius 1 is 1.00 bits per heavy atom. The highest BCUT2D eigenvalue weighted by Gasteiger charge is 2.11. The zero-order chi connectivity index (χ0) is 20.5. The molecule has 0 heterocycles. The van der Waals surface area contributed by atoms with Gasteiger partial charge in [-0.3, -0.25) is 4.79 Å². The molecule has 0 aliphatic heterocycles. The molecule has 0 aromatic heterocycles. The number of hydrogen-bond acceptors (Lipinski definition) is 5. The van der Waals surface area contributed by atoms with Crippen molar-refractivity contribution in [3.63, 3.8) is 0 Å². The molecule has 2 rings (SSSR count). The van der Waals surface area contributed by atoms with Crippen molar-refractivity contribution in [1.82, 2.24) is 0 Å². The highest BCUT2D eigenvalue weighted by Crippen LogP contribution is 2.31. The molecule has 0 bridgehead atoms. The van der Waals surface area contributed by atoms with E-state index in [9.17, 15) is 13.6 Å². The molecule has 152 valence electrons. The van der Waals surface area contributed by atoms with Crippen LogP contribution in [0, 0.1) is 0 Å². The van der Waals surface area contributed by atoms with Gasteiger partial charge in [-0.15, -0.1) is 0 Å². The number of amides is 1. The van der Waals surface area contributed by atoms with Crippen LogP contribution in [0.25, 0.3) is 0 Å². The molecule has 28 heavy (non-hydrogen) atoms. The van der Waals surface area contributed by atoms with Crippen molar-refractivity contribution >= 4 is 28.9 Å². The maximum absolute atomic E-state index is 12.2. The van der Waals surface area contributed by atoms with E-state index in [0.717, 1.165) is 0 Å². The molecule has 0 atom stereocenters. The van der Waals surface area contributed by atoms with Crippen molar-refractivity contribution in [3.05, 3.63) is 41.4 Å². The van der Waals surface area contributed by atoms with Crippen molar-refractivity contribution in [2.45, 2.75) is 20.5 Å². The van der Waals surface area contributed by atoms with E-state index in [1.165, 1.54) is 18.2 Å². The lowest BCUT2D eigenvalue weighted by atomic mass is 10.2. The van der Waals surface area contributed by atoms with Crippen molar-refractivity contribution in [1.29, 1.82) is 0 Å². The van der Waals surface area contributed by atoms with E-state index in [2.05, 4.69) is 15.4 Å². The van der Waals surface area contributed by atoms with Crippen molar-refractivity contribution < 1.29 is 27.8 Å². The van der Waals surface area contributed by atoms with Crippen LogP contribution in [-0.2, 0) is 4.79 Å². The summed E-state index contributed by atoms with van der Waals surface area (Å²) in [5, 5.41) is 5.61. The van der Waals surface area contributed by atoms with Gasteiger partial charge in [0, 0.05) is 17.4 Å². The van der Waals surface area contributed by atoms with Crippen LogP contribution in [0.1, 0.15) is 13.8 Å². The van der Waals surface area contributed by atoms with Crippen LogP contribution in [0.3, 0.4) is 0 Å². The number of benzene rings is 2. The lowest BCUT2D eigenvalue weighted by Gasteiger charge is -2.13. The van der Waals surface area contributed by atoms with Crippen LogP contribution in [0.15, 0.2) is 36.4 Å². The molecule has 2 N–H and O–H groups in total. The number of nitrogens with one attached hydrogen (secondary N) is 2. The van der Waals surface area contributed by atoms with Gasteiger partial charge in [0.25, 0.3) is 0 Å². The largest absolute Gasteiger partial charge is 0.490 e. The Labute approximate surface area is 166 Å². The lowest BCUT2D eigenvalue weighted by Crippen LogP contribution is -2.21. The van der Waals surface area contributed by atoms with Crippen LogP contribution < -0.4 is 24.8 Å². The van der Waals surface area contributed by atoms with E-state index in [0.29, 0.717) is 36.1 Å². The standard InChI is InChI=1S/C19H21ClF2N2O4/c1-3-26-16-8-6-13(10-17(16)27-4-2)24-18(25)11-23-12-5-7-15(14(20)9-12)28-19(21)22/h5-10,19,23H,3-4,11H2,1-2H3,(H,24,25). The molecular weight excluding hydrogens is 394 g/mol. The minimum absolute atomic E-state index is 0.0126. The Balaban J connectivity index is 1.95. The number of ether oxygens (including phenoxy) is 3. The monoisotopic (exact) mass is 414 g/mol. The maximum atomic E-state index is 12.2. The van der Waals surface area contributed by atoms with Gasteiger partial charge in [-0.25, -0.2) is 0 Å². The average molecular weight is 415 g/mol. The first kappa shape index (κ1) is 21.6. The van der Waals surface area contributed by atoms with Crippen molar-refractivity contribution in [3.8, 4) is 17.2 Å². The zero-order valence-corrected chi connectivity index (χ0v) is 16.2.